The molecule has 0 saturated heterocycles. The predicted molar refractivity (Wildman–Crippen MR) is 103 cm³/mol. The number of aromatic amines is 1. The van der Waals surface area contributed by atoms with Gasteiger partial charge in [-0.3, -0.25) is 4.72 Å². The summed E-state index contributed by atoms with van der Waals surface area (Å²) in [6.45, 7) is 1.86. The van der Waals surface area contributed by atoms with E-state index in [1.54, 1.807) is 5.38 Å². The van der Waals surface area contributed by atoms with Crippen molar-refractivity contribution in [3.63, 3.8) is 0 Å². The van der Waals surface area contributed by atoms with Gasteiger partial charge in [-0.1, -0.05) is 34.1 Å². The van der Waals surface area contributed by atoms with Gasteiger partial charge >= 0.3 is 0 Å². The van der Waals surface area contributed by atoms with Crippen molar-refractivity contribution in [2.45, 2.75) is 11.8 Å². The number of hydrogen-bond acceptors (Lipinski definition) is 3. The Hall–Kier alpha value is -1.83. The first-order valence-electron chi connectivity index (χ1n) is 7.22. The van der Waals surface area contributed by atoms with Crippen LogP contribution in [0.15, 0.2) is 57.2 Å². The molecule has 4 nitrogen and oxygen atoms in total. The third-order valence-corrected chi connectivity index (χ3v) is 6.92. The zero-order valence-corrected chi connectivity index (χ0v) is 15.8. The number of sulfonamides is 1. The van der Waals surface area contributed by atoms with Crippen LogP contribution in [0.2, 0.25) is 0 Å². The molecule has 7 heteroatoms. The first-order valence-corrected chi connectivity index (χ1v) is 10.4. The molecule has 0 amide bonds. The molecule has 4 aromatic rings. The molecule has 24 heavy (non-hydrogen) atoms. The molecule has 122 valence electrons. The highest BCUT2D eigenvalue weighted by Gasteiger charge is 2.21. The lowest BCUT2D eigenvalue weighted by molar-refractivity contribution is 0.602. The van der Waals surface area contributed by atoms with Crippen LogP contribution in [0, 0.1) is 6.92 Å². The van der Waals surface area contributed by atoms with E-state index in [1.807, 2.05) is 49.4 Å². The van der Waals surface area contributed by atoms with Crippen molar-refractivity contribution in [3.8, 4) is 0 Å². The first kappa shape index (κ1) is 15.7. The molecular formula is C17H13BrN2O2S2. The summed E-state index contributed by atoms with van der Waals surface area (Å²) >= 11 is 4.87. The molecule has 0 unspecified atom stereocenters. The quantitative estimate of drug-likeness (QED) is 0.474. The molecule has 0 spiro atoms. The standard InChI is InChI=1S/C17H13BrN2O2S2/c1-10-17(13-8-11(18)6-7-14(13)19-10)20-24(21,22)16-9-23-15-5-3-2-4-12(15)16/h2-9,19-20H,1H3. The first-order chi connectivity index (χ1) is 11.5. The van der Waals surface area contributed by atoms with Crippen LogP contribution < -0.4 is 4.72 Å². The summed E-state index contributed by atoms with van der Waals surface area (Å²) < 4.78 is 30.5. The van der Waals surface area contributed by atoms with E-state index in [0.29, 0.717) is 10.6 Å². The maximum Gasteiger partial charge on any atom is 0.263 e. The number of halogens is 1. The Morgan fingerprint density at radius 1 is 1.12 bits per heavy atom. The van der Waals surface area contributed by atoms with E-state index in [1.165, 1.54) is 11.3 Å². The maximum absolute atomic E-state index is 12.9. The number of anilines is 1. The molecule has 0 aliphatic carbocycles. The third-order valence-electron chi connectivity index (χ3n) is 3.92. The molecule has 2 aromatic heterocycles. The number of rotatable bonds is 3. The van der Waals surface area contributed by atoms with Crippen LogP contribution in [0.1, 0.15) is 5.69 Å². The van der Waals surface area contributed by atoms with E-state index in [4.69, 9.17) is 0 Å². The van der Waals surface area contributed by atoms with Gasteiger partial charge in [-0.2, -0.15) is 0 Å². The van der Waals surface area contributed by atoms with Crippen molar-refractivity contribution >= 4 is 64.0 Å². The van der Waals surface area contributed by atoms with Crippen molar-refractivity contribution in [2.24, 2.45) is 0 Å². The smallest absolute Gasteiger partial charge is 0.263 e. The van der Waals surface area contributed by atoms with Crippen LogP contribution in [0.25, 0.3) is 21.0 Å². The van der Waals surface area contributed by atoms with Crippen molar-refractivity contribution in [1.82, 2.24) is 4.98 Å². The Balaban J connectivity index is 1.85. The summed E-state index contributed by atoms with van der Waals surface area (Å²) in [5.74, 6) is 0. The number of thiophene rings is 1. The number of aromatic nitrogens is 1. The van der Waals surface area contributed by atoms with E-state index in [0.717, 1.165) is 31.2 Å². The zero-order valence-electron chi connectivity index (χ0n) is 12.6. The lowest BCUT2D eigenvalue weighted by Gasteiger charge is -2.08. The van der Waals surface area contributed by atoms with Crippen LogP contribution in [-0.4, -0.2) is 13.4 Å². The van der Waals surface area contributed by atoms with E-state index in [-0.39, 0.29) is 0 Å². The van der Waals surface area contributed by atoms with Gasteiger partial charge in [0.05, 0.1) is 5.69 Å². The van der Waals surface area contributed by atoms with Crippen molar-refractivity contribution in [1.29, 1.82) is 0 Å². The number of H-pyrrole nitrogens is 1. The Labute approximate surface area is 151 Å². The number of benzene rings is 2. The van der Waals surface area contributed by atoms with Gasteiger partial charge in [-0.25, -0.2) is 8.42 Å². The third kappa shape index (κ3) is 2.53. The fourth-order valence-electron chi connectivity index (χ4n) is 2.78. The molecule has 2 N–H and O–H groups in total. The molecule has 4 rings (SSSR count). The Bertz CT molecular complexity index is 1180. The molecule has 0 saturated carbocycles. The minimum Gasteiger partial charge on any atom is -0.357 e. The monoisotopic (exact) mass is 420 g/mol. The highest BCUT2D eigenvalue weighted by atomic mass is 79.9. The van der Waals surface area contributed by atoms with Gasteiger partial charge in [-0.15, -0.1) is 11.3 Å². The SMILES string of the molecule is Cc1[nH]c2ccc(Br)cc2c1NS(=O)(=O)c1csc2ccccc12. The molecule has 0 aliphatic rings. The molecule has 2 heterocycles. The average molecular weight is 421 g/mol. The van der Waals surface area contributed by atoms with E-state index in [2.05, 4.69) is 25.6 Å². The highest BCUT2D eigenvalue weighted by Crippen LogP contribution is 2.34. The summed E-state index contributed by atoms with van der Waals surface area (Å²) in [7, 11) is -3.67. The van der Waals surface area contributed by atoms with Gasteiger partial charge in [0.15, 0.2) is 0 Å². The van der Waals surface area contributed by atoms with Crippen LogP contribution in [-0.2, 0) is 10.0 Å². The van der Waals surface area contributed by atoms with E-state index in [9.17, 15) is 8.42 Å². The number of fused-ring (bicyclic) bond motifs is 2. The topological polar surface area (TPSA) is 62.0 Å². The van der Waals surface area contributed by atoms with Gasteiger partial charge in [0, 0.05) is 36.5 Å². The predicted octanol–water partition coefficient (Wildman–Crippen LogP) is 5.25. The van der Waals surface area contributed by atoms with Crippen LogP contribution in [0.3, 0.4) is 0 Å². The minimum absolute atomic E-state index is 0.312. The molecule has 0 atom stereocenters. The van der Waals surface area contributed by atoms with Crippen LogP contribution in [0.4, 0.5) is 5.69 Å². The fraction of sp³-hybridized carbons (Fsp3) is 0.0588. The Morgan fingerprint density at radius 3 is 2.75 bits per heavy atom. The van der Waals surface area contributed by atoms with Crippen molar-refractivity contribution in [3.05, 3.63) is 58.0 Å². The molecule has 0 fully saturated rings. The summed E-state index contributed by atoms with van der Waals surface area (Å²) in [5, 5.41) is 3.27. The normalized spacial score (nSPS) is 12.1. The highest BCUT2D eigenvalue weighted by molar-refractivity contribution is 9.10. The Morgan fingerprint density at radius 2 is 1.92 bits per heavy atom. The summed E-state index contributed by atoms with van der Waals surface area (Å²) in [4.78, 5) is 3.53. The van der Waals surface area contributed by atoms with E-state index < -0.39 is 10.0 Å². The molecule has 0 bridgehead atoms. The lowest BCUT2D eigenvalue weighted by atomic mass is 10.2. The molecule has 2 aromatic carbocycles. The van der Waals surface area contributed by atoms with Crippen molar-refractivity contribution in [2.75, 3.05) is 4.72 Å². The summed E-state index contributed by atoms with van der Waals surface area (Å²) in [5.41, 5.74) is 2.26. The number of nitrogens with one attached hydrogen (secondary N) is 2. The van der Waals surface area contributed by atoms with Gasteiger partial charge in [0.2, 0.25) is 0 Å². The molecule has 0 radical (unpaired) electrons. The fourth-order valence-corrected chi connectivity index (χ4v) is 5.79. The maximum atomic E-state index is 12.9. The van der Waals surface area contributed by atoms with E-state index >= 15 is 0 Å². The second-order valence-corrected chi connectivity index (χ2v) is 8.99. The van der Waals surface area contributed by atoms with Gasteiger partial charge in [0.1, 0.15) is 4.90 Å². The minimum atomic E-state index is -3.67. The van der Waals surface area contributed by atoms with Gasteiger partial charge in [-0.05, 0) is 31.2 Å². The summed E-state index contributed by atoms with van der Waals surface area (Å²) in [6.07, 6.45) is 0. The average Bonchev–Trinajstić information content (AvgIpc) is 3.10. The van der Waals surface area contributed by atoms with Crippen molar-refractivity contribution < 1.29 is 8.42 Å². The van der Waals surface area contributed by atoms with Gasteiger partial charge < -0.3 is 4.98 Å². The molecule has 0 aliphatic heterocycles. The lowest BCUT2D eigenvalue weighted by Crippen LogP contribution is -2.12. The largest absolute Gasteiger partial charge is 0.357 e. The number of aryl methyl sites for hydroxylation is 1. The Kier molecular flexibility index (Phi) is 3.67. The number of hydrogen-bond donors (Lipinski definition) is 2. The zero-order chi connectivity index (χ0) is 16.9. The van der Waals surface area contributed by atoms with Crippen LogP contribution in [0.5, 0.6) is 0 Å². The van der Waals surface area contributed by atoms with Gasteiger partial charge in [0.25, 0.3) is 10.0 Å². The van der Waals surface area contributed by atoms with Crippen LogP contribution >= 0.6 is 27.3 Å². The second-order valence-electron chi connectivity index (χ2n) is 5.52. The summed E-state index contributed by atoms with van der Waals surface area (Å²) in [6, 6.07) is 13.3. The molecular weight excluding hydrogens is 408 g/mol. The second kappa shape index (κ2) is 5.61.